The Morgan fingerprint density at radius 3 is 2.63 bits per heavy atom. The zero-order chi connectivity index (χ0) is 13.9. The van der Waals surface area contributed by atoms with Gasteiger partial charge in [-0.05, 0) is 40.9 Å². The Bertz CT molecular complexity index is 405. The molecule has 1 aliphatic rings. The highest BCUT2D eigenvalue weighted by Gasteiger charge is 2.45. The summed E-state index contributed by atoms with van der Waals surface area (Å²) in [5.74, 6) is -1.23. The van der Waals surface area contributed by atoms with Crippen molar-refractivity contribution in [3.8, 4) is 0 Å². The smallest absolute Gasteiger partial charge is 0.308 e. The zero-order valence-corrected chi connectivity index (χ0v) is 12.0. The van der Waals surface area contributed by atoms with Gasteiger partial charge in [-0.2, -0.15) is 13.2 Å². The van der Waals surface area contributed by atoms with Crippen molar-refractivity contribution >= 4 is 15.9 Å². The molecule has 1 heterocycles. The first-order valence-electron chi connectivity index (χ1n) is 6.37. The van der Waals surface area contributed by atoms with Gasteiger partial charge in [-0.3, -0.25) is 4.98 Å². The van der Waals surface area contributed by atoms with Gasteiger partial charge in [0.15, 0.2) is 0 Å². The Morgan fingerprint density at radius 2 is 2.00 bits per heavy atom. The van der Waals surface area contributed by atoms with Crippen LogP contribution in [0.15, 0.2) is 22.8 Å². The predicted molar refractivity (Wildman–Crippen MR) is 70.6 cm³/mol. The van der Waals surface area contributed by atoms with E-state index in [0.29, 0.717) is 19.4 Å². The Hall–Kier alpha value is -0.620. The van der Waals surface area contributed by atoms with Crippen LogP contribution in [-0.2, 0) is 6.54 Å². The normalized spacial score (nSPS) is 24.4. The SMILES string of the molecule is FC(F)(F)C1CCCCC1NCc1ccc(Br)cn1. The maximum atomic E-state index is 12.9. The molecular formula is C13H16BrF3N2. The average Bonchev–Trinajstić information content (AvgIpc) is 2.37. The van der Waals surface area contributed by atoms with E-state index in [1.54, 1.807) is 6.20 Å². The molecule has 1 saturated carbocycles. The number of hydrogen-bond acceptors (Lipinski definition) is 2. The van der Waals surface area contributed by atoms with Crippen LogP contribution in [0.25, 0.3) is 0 Å². The van der Waals surface area contributed by atoms with Crippen molar-refractivity contribution in [1.29, 1.82) is 0 Å². The highest BCUT2D eigenvalue weighted by molar-refractivity contribution is 9.10. The van der Waals surface area contributed by atoms with Crippen LogP contribution in [0.3, 0.4) is 0 Å². The minimum Gasteiger partial charge on any atom is -0.308 e. The maximum absolute atomic E-state index is 12.9. The lowest BCUT2D eigenvalue weighted by molar-refractivity contribution is -0.189. The van der Waals surface area contributed by atoms with Crippen molar-refractivity contribution < 1.29 is 13.2 Å². The first-order chi connectivity index (χ1) is 8.97. The highest BCUT2D eigenvalue weighted by atomic mass is 79.9. The number of aromatic nitrogens is 1. The molecule has 19 heavy (non-hydrogen) atoms. The van der Waals surface area contributed by atoms with E-state index >= 15 is 0 Å². The van der Waals surface area contributed by atoms with Gasteiger partial charge in [0.05, 0.1) is 11.6 Å². The van der Waals surface area contributed by atoms with E-state index in [4.69, 9.17) is 0 Å². The van der Waals surface area contributed by atoms with Gasteiger partial charge < -0.3 is 5.32 Å². The number of halogens is 4. The summed E-state index contributed by atoms with van der Waals surface area (Å²) in [7, 11) is 0. The third-order valence-electron chi connectivity index (χ3n) is 3.52. The summed E-state index contributed by atoms with van der Waals surface area (Å²) in [6.07, 6.45) is -0.114. The summed E-state index contributed by atoms with van der Waals surface area (Å²) < 4.78 is 39.6. The van der Waals surface area contributed by atoms with Crippen LogP contribution < -0.4 is 5.32 Å². The van der Waals surface area contributed by atoms with Gasteiger partial charge in [0, 0.05) is 23.3 Å². The lowest BCUT2D eigenvalue weighted by Gasteiger charge is -2.33. The van der Waals surface area contributed by atoms with Crippen LogP contribution in [0.4, 0.5) is 13.2 Å². The number of nitrogens with zero attached hydrogens (tertiary/aromatic N) is 1. The minimum atomic E-state index is -4.11. The fourth-order valence-corrected chi connectivity index (χ4v) is 2.75. The van der Waals surface area contributed by atoms with Crippen molar-refractivity contribution in [3.05, 3.63) is 28.5 Å². The van der Waals surface area contributed by atoms with E-state index in [2.05, 4.69) is 26.2 Å². The van der Waals surface area contributed by atoms with E-state index < -0.39 is 18.1 Å². The molecule has 2 unspecified atom stereocenters. The summed E-state index contributed by atoms with van der Waals surface area (Å²) in [6, 6.07) is 3.16. The van der Waals surface area contributed by atoms with Crippen LogP contribution in [0.2, 0.25) is 0 Å². The molecule has 0 radical (unpaired) electrons. The molecule has 2 rings (SSSR count). The largest absolute Gasteiger partial charge is 0.393 e. The van der Waals surface area contributed by atoms with Gasteiger partial charge in [-0.25, -0.2) is 0 Å². The molecule has 1 fully saturated rings. The summed E-state index contributed by atoms with van der Waals surface area (Å²) >= 11 is 3.28. The molecule has 1 aromatic rings. The van der Waals surface area contributed by atoms with E-state index in [1.807, 2.05) is 12.1 Å². The van der Waals surface area contributed by atoms with Crippen molar-refractivity contribution in [3.63, 3.8) is 0 Å². The number of rotatable bonds is 3. The van der Waals surface area contributed by atoms with Crippen LogP contribution in [-0.4, -0.2) is 17.2 Å². The first kappa shape index (κ1) is 14.8. The van der Waals surface area contributed by atoms with Gasteiger partial charge in [0.1, 0.15) is 0 Å². The summed E-state index contributed by atoms with van der Waals surface area (Å²) in [5.41, 5.74) is 0.759. The molecule has 0 spiro atoms. The van der Waals surface area contributed by atoms with Gasteiger partial charge in [-0.1, -0.05) is 12.8 Å². The standard InChI is InChI=1S/C13H16BrF3N2/c14-9-5-6-10(18-7-9)8-19-12-4-2-1-3-11(12)13(15,16)17/h5-7,11-12,19H,1-4,8H2. The second-order valence-corrected chi connectivity index (χ2v) is 5.80. The van der Waals surface area contributed by atoms with E-state index in [0.717, 1.165) is 16.6 Å². The quantitative estimate of drug-likeness (QED) is 0.900. The van der Waals surface area contributed by atoms with Crippen LogP contribution in [0.1, 0.15) is 31.4 Å². The van der Waals surface area contributed by atoms with Crippen molar-refractivity contribution in [2.45, 2.75) is 44.4 Å². The van der Waals surface area contributed by atoms with Gasteiger partial charge in [-0.15, -0.1) is 0 Å². The van der Waals surface area contributed by atoms with Crippen LogP contribution in [0, 0.1) is 5.92 Å². The molecule has 6 heteroatoms. The lowest BCUT2D eigenvalue weighted by atomic mass is 9.84. The fourth-order valence-electron chi connectivity index (χ4n) is 2.51. The number of nitrogens with one attached hydrogen (secondary N) is 1. The van der Waals surface area contributed by atoms with Crippen LogP contribution in [0.5, 0.6) is 0 Å². The molecule has 106 valence electrons. The molecule has 0 saturated heterocycles. The summed E-state index contributed by atoms with van der Waals surface area (Å²) in [4.78, 5) is 4.16. The monoisotopic (exact) mass is 336 g/mol. The highest BCUT2D eigenvalue weighted by Crippen LogP contribution is 2.37. The number of alkyl halides is 3. The van der Waals surface area contributed by atoms with E-state index in [1.165, 1.54) is 0 Å². The molecule has 0 aliphatic heterocycles. The number of pyridine rings is 1. The topological polar surface area (TPSA) is 24.9 Å². The van der Waals surface area contributed by atoms with Crippen molar-refractivity contribution in [1.82, 2.24) is 10.3 Å². The molecule has 0 amide bonds. The second kappa shape index (κ2) is 6.22. The molecule has 0 aromatic carbocycles. The zero-order valence-electron chi connectivity index (χ0n) is 10.4. The molecule has 0 bridgehead atoms. The van der Waals surface area contributed by atoms with E-state index in [9.17, 15) is 13.2 Å². The van der Waals surface area contributed by atoms with Gasteiger partial charge >= 0.3 is 6.18 Å². The second-order valence-electron chi connectivity index (χ2n) is 4.89. The van der Waals surface area contributed by atoms with Gasteiger partial charge in [0.2, 0.25) is 0 Å². The average molecular weight is 337 g/mol. The van der Waals surface area contributed by atoms with Crippen LogP contribution >= 0.6 is 15.9 Å². The molecule has 2 atom stereocenters. The molecule has 1 N–H and O–H groups in total. The number of hydrogen-bond donors (Lipinski definition) is 1. The van der Waals surface area contributed by atoms with Crippen molar-refractivity contribution in [2.24, 2.45) is 5.92 Å². The molecule has 1 aliphatic carbocycles. The predicted octanol–water partition coefficient (Wildman–Crippen LogP) is 4.05. The minimum absolute atomic E-state index is 0.231. The Morgan fingerprint density at radius 1 is 1.26 bits per heavy atom. The third kappa shape index (κ3) is 4.18. The molecule has 2 nitrogen and oxygen atoms in total. The lowest BCUT2D eigenvalue weighted by Crippen LogP contribution is -2.45. The third-order valence-corrected chi connectivity index (χ3v) is 3.99. The molecular weight excluding hydrogens is 321 g/mol. The Kier molecular flexibility index (Phi) is 4.84. The van der Waals surface area contributed by atoms with Crippen molar-refractivity contribution in [2.75, 3.05) is 0 Å². The maximum Gasteiger partial charge on any atom is 0.393 e. The first-order valence-corrected chi connectivity index (χ1v) is 7.16. The van der Waals surface area contributed by atoms with Gasteiger partial charge in [0.25, 0.3) is 0 Å². The van der Waals surface area contributed by atoms with E-state index in [-0.39, 0.29) is 6.42 Å². The Balaban J connectivity index is 1.94. The summed E-state index contributed by atoms with van der Waals surface area (Å²) in [5, 5.41) is 3.02. The molecule has 1 aromatic heterocycles. The summed E-state index contributed by atoms with van der Waals surface area (Å²) in [6.45, 7) is 0.379. The fraction of sp³-hybridized carbons (Fsp3) is 0.615. The Labute approximate surface area is 118 Å².